The van der Waals surface area contributed by atoms with Crippen LogP contribution in [-0.2, 0) is 13.5 Å². The zero-order chi connectivity index (χ0) is 18.4. The molecule has 1 saturated carbocycles. The zero-order valence-electron chi connectivity index (χ0n) is 17.0. The van der Waals surface area contributed by atoms with Crippen LogP contribution in [-0.4, -0.2) is 34.9 Å². The molecule has 142 valence electrons. The first-order valence-electron chi connectivity index (χ1n) is 9.96. The van der Waals surface area contributed by atoms with Gasteiger partial charge in [0.15, 0.2) is 5.96 Å². The summed E-state index contributed by atoms with van der Waals surface area (Å²) in [5.74, 6) is 2.68. The van der Waals surface area contributed by atoms with E-state index in [-0.39, 0.29) is 0 Å². The van der Waals surface area contributed by atoms with E-state index in [1.54, 1.807) is 0 Å². The number of aromatic nitrogens is 2. The average Bonchev–Trinajstić information content (AvgIpc) is 2.81. The van der Waals surface area contributed by atoms with Crippen LogP contribution in [0, 0.1) is 25.7 Å². The van der Waals surface area contributed by atoms with Crippen molar-refractivity contribution in [3.05, 3.63) is 17.0 Å². The normalized spacial score (nSPS) is 21.6. The van der Waals surface area contributed by atoms with Crippen LogP contribution >= 0.6 is 0 Å². The van der Waals surface area contributed by atoms with Crippen LogP contribution in [0.3, 0.4) is 0 Å². The average molecular weight is 348 g/mol. The lowest BCUT2D eigenvalue weighted by Gasteiger charge is -2.32. The van der Waals surface area contributed by atoms with Crippen LogP contribution in [0.15, 0.2) is 4.99 Å². The van der Waals surface area contributed by atoms with E-state index in [9.17, 15) is 0 Å². The maximum Gasteiger partial charge on any atom is 0.191 e. The van der Waals surface area contributed by atoms with Crippen molar-refractivity contribution in [2.45, 2.75) is 72.8 Å². The Morgan fingerprint density at radius 2 is 1.92 bits per heavy atom. The molecule has 0 saturated heterocycles. The molecule has 1 aliphatic rings. The summed E-state index contributed by atoms with van der Waals surface area (Å²) >= 11 is 0. The number of aryl methyl sites for hydroxylation is 2. The highest BCUT2D eigenvalue weighted by atomic mass is 15.3. The second-order valence-corrected chi connectivity index (χ2v) is 7.78. The molecule has 5 heteroatoms. The Hall–Kier alpha value is -1.52. The third-order valence-corrected chi connectivity index (χ3v) is 5.69. The molecule has 2 N–H and O–H groups in total. The molecule has 0 aliphatic heterocycles. The molecule has 0 radical (unpaired) electrons. The number of aliphatic imine (C=N–C) groups is 1. The van der Waals surface area contributed by atoms with Crippen LogP contribution in [0.4, 0.5) is 0 Å². The van der Waals surface area contributed by atoms with E-state index in [2.05, 4.69) is 50.4 Å². The summed E-state index contributed by atoms with van der Waals surface area (Å²) in [6.07, 6.45) is 6.13. The van der Waals surface area contributed by atoms with Crippen LogP contribution in [0.5, 0.6) is 0 Å². The van der Waals surface area contributed by atoms with Gasteiger partial charge in [-0.15, -0.1) is 0 Å². The summed E-state index contributed by atoms with van der Waals surface area (Å²) in [5, 5.41) is 11.6. The first kappa shape index (κ1) is 19.8. The minimum Gasteiger partial charge on any atom is -0.357 e. The monoisotopic (exact) mass is 347 g/mol. The van der Waals surface area contributed by atoms with Gasteiger partial charge in [0.05, 0.1) is 5.69 Å². The largest absolute Gasteiger partial charge is 0.357 e. The Morgan fingerprint density at radius 1 is 1.24 bits per heavy atom. The lowest BCUT2D eigenvalue weighted by molar-refractivity contribution is 0.250. The first-order valence-corrected chi connectivity index (χ1v) is 9.96. The van der Waals surface area contributed by atoms with E-state index < -0.39 is 0 Å². The second kappa shape index (κ2) is 9.25. The van der Waals surface area contributed by atoms with Crippen LogP contribution in [0.2, 0.25) is 0 Å². The Labute approximate surface area is 153 Å². The fourth-order valence-electron chi connectivity index (χ4n) is 3.90. The maximum absolute atomic E-state index is 4.81. The summed E-state index contributed by atoms with van der Waals surface area (Å²) in [6, 6.07) is 0.565. The van der Waals surface area contributed by atoms with Gasteiger partial charge >= 0.3 is 0 Å². The van der Waals surface area contributed by atoms with Gasteiger partial charge in [0.2, 0.25) is 0 Å². The molecule has 0 aromatic carbocycles. The van der Waals surface area contributed by atoms with Crippen molar-refractivity contribution >= 4 is 5.96 Å². The lowest BCUT2D eigenvalue weighted by Crippen LogP contribution is -2.45. The molecule has 0 spiro atoms. The Morgan fingerprint density at radius 3 is 2.44 bits per heavy atom. The molecular weight excluding hydrogens is 310 g/mol. The molecule has 2 rings (SSSR count). The minimum absolute atomic E-state index is 0.565. The minimum atomic E-state index is 0.565. The predicted molar refractivity (Wildman–Crippen MR) is 106 cm³/mol. The van der Waals surface area contributed by atoms with Crippen molar-refractivity contribution in [3.8, 4) is 0 Å². The molecule has 1 aliphatic carbocycles. The van der Waals surface area contributed by atoms with E-state index in [1.807, 2.05) is 11.7 Å². The predicted octanol–water partition coefficient (Wildman–Crippen LogP) is 3.35. The summed E-state index contributed by atoms with van der Waals surface area (Å²) in [7, 11) is 2.01. The third kappa shape index (κ3) is 5.48. The fraction of sp³-hybridized carbons (Fsp3) is 0.800. The molecule has 0 atom stereocenters. The van der Waals surface area contributed by atoms with Crippen molar-refractivity contribution < 1.29 is 0 Å². The number of guanidine groups is 1. The molecule has 1 fully saturated rings. The highest BCUT2D eigenvalue weighted by Gasteiger charge is 2.23. The molecule has 0 bridgehead atoms. The second-order valence-electron chi connectivity index (χ2n) is 7.78. The van der Waals surface area contributed by atoms with E-state index in [0.29, 0.717) is 6.04 Å². The van der Waals surface area contributed by atoms with Gasteiger partial charge in [-0.2, -0.15) is 5.10 Å². The summed E-state index contributed by atoms with van der Waals surface area (Å²) in [4.78, 5) is 4.81. The highest BCUT2D eigenvalue weighted by Crippen LogP contribution is 2.29. The first-order chi connectivity index (χ1) is 11.9. The molecule has 1 aromatic heterocycles. The van der Waals surface area contributed by atoms with Gasteiger partial charge in [-0.05, 0) is 70.3 Å². The molecular formula is C20H37N5. The van der Waals surface area contributed by atoms with Gasteiger partial charge in [-0.3, -0.25) is 9.67 Å². The maximum atomic E-state index is 4.81. The third-order valence-electron chi connectivity index (χ3n) is 5.69. The number of rotatable bonds is 6. The topological polar surface area (TPSA) is 54.2 Å². The Balaban J connectivity index is 1.88. The van der Waals surface area contributed by atoms with Gasteiger partial charge in [-0.25, -0.2) is 0 Å². The van der Waals surface area contributed by atoms with Gasteiger partial charge in [0.1, 0.15) is 0 Å². The Kier molecular flexibility index (Phi) is 7.33. The smallest absolute Gasteiger partial charge is 0.191 e. The van der Waals surface area contributed by atoms with Crippen molar-refractivity contribution in [1.29, 1.82) is 0 Å². The SMILES string of the molecule is CCNC(=NCCc1c(C)nn(C)c1C)NC1CCC(C(C)C)CC1. The number of hydrogen-bond donors (Lipinski definition) is 2. The standard InChI is InChI=1S/C20H37N5/c1-7-21-20(23-18-10-8-17(9-11-18)14(2)3)22-13-12-19-15(4)24-25(6)16(19)5/h14,17-18H,7-13H2,1-6H3,(H2,21,22,23). The molecule has 1 heterocycles. The number of hydrogen-bond acceptors (Lipinski definition) is 2. The van der Waals surface area contributed by atoms with Crippen molar-refractivity contribution in [1.82, 2.24) is 20.4 Å². The van der Waals surface area contributed by atoms with E-state index in [0.717, 1.165) is 43.0 Å². The highest BCUT2D eigenvalue weighted by molar-refractivity contribution is 5.80. The summed E-state index contributed by atoms with van der Waals surface area (Å²) in [6.45, 7) is 12.8. The quantitative estimate of drug-likeness (QED) is 0.613. The van der Waals surface area contributed by atoms with E-state index >= 15 is 0 Å². The molecule has 25 heavy (non-hydrogen) atoms. The van der Waals surface area contributed by atoms with Crippen molar-refractivity contribution in [2.75, 3.05) is 13.1 Å². The van der Waals surface area contributed by atoms with Crippen LogP contribution in [0.1, 0.15) is 63.4 Å². The van der Waals surface area contributed by atoms with E-state index in [1.165, 1.54) is 36.9 Å². The van der Waals surface area contributed by atoms with Gasteiger partial charge in [0, 0.05) is 31.9 Å². The zero-order valence-corrected chi connectivity index (χ0v) is 17.0. The van der Waals surface area contributed by atoms with Crippen LogP contribution in [0.25, 0.3) is 0 Å². The fourth-order valence-corrected chi connectivity index (χ4v) is 3.90. The lowest BCUT2D eigenvalue weighted by atomic mass is 9.80. The van der Waals surface area contributed by atoms with Gasteiger partial charge in [0.25, 0.3) is 0 Å². The number of nitrogens with zero attached hydrogens (tertiary/aromatic N) is 3. The van der Waals surface area contributed by atoms with Crippen LogP contribution < -0.4 is 10.6 Å². The molecule has 0 amide bonds. The summed E-state index contributed by atoms with van der Waals surface area (Å²) < 4.78 is 1.96. The van der Waals surface area contributed by atoms with Crippen molar-refractivity contribution in [3.63, 3.8) is 0 Å². The van der Waals surface area contributed by atoms with Gasteiger partial charge in [-0.1, -0.05) is 13.8 Å². The van der Waals surface area contributed by atoms with Crippen molar-refractivity contribution in [2.24, 2.45) is 23.9 Å². The molecule has 1 aromatic rings. The van der Waals surface area contributed by atoms with Gasteiger partial charge < -0.3 is 10.6 Å². The number of nitrogens with one attached hydrogen (secondary N) is 2. The molecule has 5 nitrogen and oxygen atoms in total. The van der Waals surface area contributed by atoms with E-state index in [4.69, 9.17) is 4.99 Å². The summed E-state index contributed by atoms with van der Waals surface area (Å²) in [5.41, 5.74) is 3.71. The Bertz CT molecular complexity index is 565. The molecule has 0 unspecified atom stereocenters.